The van der Waals surface area contributed by atoms with Crippen LogP contribution < -0.4 is 14.8 Å². The zero-order valence-corrected chi connectivity index (χ0v) is 19.9. The van der Waals surface area contributed by atoms with Crippen molar-refractivity contribution in [1.82, 2.24) is 10.2 Å². The Morgan fingerprint density at radius 1 is 1.03 bits per heavy atom. The molecule has 3 aromatic carbocycles. The van der Waals surface area contributed by atoms with Gasteiger partial charge in [0.15, 0.2) is 0 Å². The molecule has 0 aliphatic rings. The summed E-state index contributed by atoms with van der Waals surface area (Å²) in [4.78, 5) is 12.2. The van der Waals surface area contributed by atoms with Crippen molar-refractivity contribution in [2.75, 3.05) is 22.9 Å². The molecule has 0 unspecified atom stereocenters. The van der Waals surface area contributed by atoms with E-state index in [1.54, 1.807) is 42.5 Å². The number of sulfonamides is 1. The van der Waals surface area contributed by atoms with Gasteiger partial charge in [0.2, 0.25) is 11.8 Å². The second kappa shape index (κ2) is 10.6. The Morgan fingerprint density at radius 2 is 1.77 bits per heavy atom. The van der Waals surface area contributed by atoms with E-state index in [9.17, 15) is 17.6 Å². The third kappa shape index (κ3) is 6.37. The number of benzene rings is 3. The molecule has 180 valence electrons. The topological polar surface area (TPSA) is 123 Å². The highest BCUT2D eigenvalue weighted by Gasteiger charge is 2.15. The van der Waals surface area contributed by atoms with Crippen molar-refractivity contribution in [2.45, 2.75) is 10.1 Å². The van der Waals surface area contributed by atoms with E-state index in [1.165, 1.54) is 37.4 Å². The molecular formula is C23H19FN4O5S2. The average Bonchev–Trinajstić information content (AvgIpc) is 3.32. The molecule has 0 saturated carbocycles. The van der Waals surface area contributed by atoms with E-state index in [1.807, 2.05) is 0 Å². The van der Waals surface area contributed by atoms with Gasteiger partial charge in [-0.1, -0.05) is 17.8 Å². The second-order valence-electron chi connectivity index (χ2n) is 7.08. The van der Waals surface area contributed by atoms with Crippen LogP contribution in [0.1, 0.15) is 0 Å². The van der Waals surface area contributed by atoms with E-state index in [0.29, 0.717) is 22.7 Å². The molecule has 4 rings (SSSR count). The molecular weight excluding hydrogens is 495 g/mol. The van der Waals surface area contributed by atoms with Crippen LogP contribution in [0.5, 0.6) is 5.75 Å². The number of hydrogen-bond donors (Lipinski definition) is 2. The zero-order valence-electron chi connectivity index (χ0n) is 18.3. The van der Waals surface area contributed by atoms with Crippen molar-refractivity contribution in [2.24, 2.45) is 0 Å². The first kappa shape index (κ1) is 24.2. The molecule has 0 saturated heterocycles. The lowest BCUT2D eigenvalue weighted by Crippen LogP contribution is -2.14. The molecule has 4 aromatic rings. The van der Waals surface area contributed by atoms with Crippen LogP contribution in [0.4, 0.5) is 15.8 Å². The van der Waals surface area contributed by atoms with E-state index >= 15 is 0 Å². The van der Waals surface area contributed by atoms with Crippen LogP contribution in [-0.4, -0.2) is 37.4 Å². The molecule has 0 aliphatic heterocycles. The van der Waals surface area contributed by atoms with E-state index < -0.39 is 15.8 Å². The average molecular weight is 515 g/mol. The van der Waals surface area contributed by atoms with Crippen molar-refractivity contribution >= 4 is 39.1 Å². The lowest BCUT2D eigenvalue weighted by Gasteiger charge is -2.09. The minimum absolute atomic E-state index is 0.00970. The van der Waals surface area contributed by atoms with Gasteiger partial charge in [-0.2, -0.15) is 0 Å². The standard InChI is InChI=1S/C23H19FN4O5S2/c1-32-19-9-11-20(12-10-19)35(30,31)28-17-7-5-15(6-8-17)22-26-27-23(33-22)34-14-21(29)25-18-4-2-3-16(24)13-18/h2-13,28H,14H2,1H3,(H,25,29). The van der Waals surface area contributed by atoms with Crippen LogP contribution in [0.25, 0.3) is 11.5 Å². The Kier molecular flexibility index (Phi) is 7.32. The number of aromatic nitrogens is 2. The van der Waals surface area contributed by atoms with Crippen molar-refractivity contribution in [3.63, 3.8) is 0 Å². The summed E-state index contributed by atoms with van der Waals surface area (Å²) in [5.74, 6) is -0.0462. The highest BCUT2D eigenvalue weighted by atomic mass is 32.2. The molecule has 0 aliphatic carbocycles. The first-order chi connectivity index (χ1) is 16.8. The molecule has 1 amide bonds. The van der Waals surface area contributed by atoms with Gasteiger partial charge in [0.05, 0.1) is 17.8 Å². The number of rotatable bonds is 9. The second-order valence-corrected chi connectivity index (χ2v) is 9.69. The van der Waals surface area contributed by atoms with Crippen LogP contribution in [0.2, 0.25) is 0 Å². The molecule has 0 spiro atoms. The van der Waals surface area contributed by atoms with E-state index in [4.69, 9.17) is 9.15 Å². The Balaban J connectivity index is 1.35. The predicted octanol–water partition coefficient (Wildman–Crippen LogP) is 4.42. The van der Waals surface area contributed by atoms with Crippen molar-refractivity contribution < 1.29 is 26.8 Å². The van der Waals surface area contributed by atoms with E-state index in [-0.39, 0.29) is 27.7 Å². The summed E-state index contributed by atoms with van der Waals surface area (Å²) in [5, 5.41) is 10.6. The minimum atomic E-state index is -3.77. The Morgan fingerprint density at radius 3 is 2.46 bits per heavy atom. The number of amides is 1. The number of halogens is 1. The van der Waals surface area contributed by atoms with Gasteiger partial charge in [-0.15, -0.1) is 10.2 Å². The fraction of sp³-hybridized carbons (Fsp3) is 0.0870. The SMILES string of the molecule is COc1ccc(S(=O)(=O)Nc2ccc(-c3nnc(SCC(=O)Nc4cccc(F)c4)o3)cc2)cc1. The molecule has 1 heterocycles. The minimum Gasteiger partial charge on any atom is -0.497 e. The number of thioether (sulfide) groups is 1. The maximum atomic E-state index is 13.2. The van der Waals surface area contributed by atoms with Gasteiger partial charge in [0.1, 0.15) is 11.6 Å². The number of nitrogens with zero attached hydrogens (tertiary/aromatic N) is 2. The van der Waals surface area contributed by atoms with Crippen molar-refractivity contribution in [3.05, 3.63) is 78.6 Å². The highest BCUT2D eigenvalue weighted by Crippen LogP contribution is 2.26. The molecule has 12 heteroatoms. The third-order valence-electron chi connectivity index (χ3n) is 4.60. The van der Waals surface area contributed by atoms with E-state index in [2.05, 4.69) is 20.2 Å². The normalized spacial score (nSPS) is 11.1. The van der Waals surface area contributed by atoms with Crippen LogP contribution in [0.3, 0.4) is 0 Å². The smallest absolute Gasteiger partial charge is 0.277 e. The van der Waals surface area contributed by atoms with Gasteiger partial charge >= 0.3 is 0 Å². The summed E-state index contributed by atoms with van der Waals surface area (Å²) in [6, 6.07) is 18.0. The molecule has 0 fully saturated rings. The fourth-order valence-corrected chi connectivity index (χ4v) is 4.55. The lowest BCUT2D eigenvalue weighted by molar-refractivity contribution is -0.113. The molecule has 1 aromatic heterocycles. The molecule has 0 radical (unpaired) electrons. The number of carbonyl (C=O) groups excluding carboxylic acids is 1. The largest absolute Gasteiger partial charge is 0.497 e. The number of anilines is 2. The van der Waals surface area contributed by atoms with Gasteiger partial charge in [-0.25, -0.2) is 12.8 Å². The number of methoxy groups -OCH3 is 1. The Labute approximate surface area is 204 Å². The summed E-state index contributed by atoms with van der Waals surface area (Å²) in [6.07, 6.45) is 0. The molecule has 0 bridgehead atoms. The summed E-state index contributed by atoms with van der Waals surface area (Å²) in [6.45, 7) is 0. The van der Waals surface area contributed by atoms with Gasteiger partial charge in [-0.05, 0) is 66.7 Å². The zero-order chi connectivity index (χ0) is 24.8. The van der Waals surface area contributed by atoms with E-state index in [0.717, 1.165) is 11.8 Å². The summed E-state index contributed by atoms with van der Waals surface area (Å²) < 4.78 is 51.5. The molecule has 9 nitrogen and oxygen atoms in total. The first-order valence-corrected chi connectivity index (χ1v) is 12.6. The third-order valence-corrected chi connectivity index (χ3v) is 6.81. The Hall–Kier alpha value is -3.90. The van der Waals surface area contributed by atoms with Gasteiger partial charge in [0, 0.05) is 16.9 Å². The van der Waals surface area contributed by atoms with Crippen LogP contribution in [-0.2, 0) is 14.8 Å². The maximum Gasteiger partial charge on any atom is 0.277 e. The molecule has 0 atom stereocenters. The first-order valence-electron chi connectivity index (χ1n) is 10.1. The van der Waals surface area contributed by atoms with Crippen LogP contribution in [0, 0.1) is 5.82 Å². The number of hydrogen-bond acceptors (Lipinski definition) is 8. The molecule has 35 heavy (non-hydrogen) atoms. The fourth-order valence-electron chi connectivity index (χ4n) is 2.93. The van der Waals surface area contributed by atoms with Crippen LogP contribution in [0.15, 0.2) is 87.3 Å². The monoisotopic (exact) mass is 514 g/mol. The predicted molar refractivity (Wildman–Crippen MR) is 129 cm³/mol. The van der Waals surface area contributed by atoms with Gasteiger partial charge in [-0.3, -0.25) is 9.52 Å². The van der Waals surface area contributed by atoms with Gasteiger partial charge in [0.25, 0.3) is 15.2 Å². The highest BCUT2D eigenvalue weighted by molar-refractivity contribution is 7.99. The quantitative estimate of drug-likeness (QED) is 0.315. The summed E-state index contributed by atoms with van der Waals surface area (Å²) in [7, 11) is -2.27. The summed E-state index contributed by atoms with van der Waals surface area (Å²) in [5.41, 5.74) is 1.28. The maximum absolute atomic E-state index is 13.2. The summed E-state index contributed by atoms with van der Waals surface area (Å²) >= 11 is 1.03. The number of ether oxygens (including phenoxy) is 1. The van der Waals surface area contributed by atoms with Crippen LogP contribution >= 0.6 is 11.8 Å². The van der Waals surface area contributed by atoms with Gasteiger partial charge < -0.3 is 14.5 Å². The number of carbonyl (C=O) groups is 1. The van der Waals surface area contributed by atoms with Crippen molar-refractivity contribution in [1.29, 1.82) is 0 Å². The lowest BCUT2D eigenvalue weighted by atomic mass is 10.2. The number of nitrogens with one attached hydrogen (secondary N) is 2. The van der Waals surface area contributed by atoms with Crippen molar-refractivity contribution in [3.8, 4) is 17.2 Å². The molecule has 2 N–H and O–H groups in total. The Bertz CT molecular complexity index is 1430.